The zero-order valence-electron chi connectivity index (χ0n) is 16.6. The second-order valence-electron chi connectivity index (χ2n) is 6.95. The molecule has 1 aliphatic rings. The second kappa shape index (κ2) is 8.51. The Morgan fingerprint density at radius 3 is 2.55 bits per heavy atom. The van der Waals surface area contributed by atoms with E-state index in [1.54, 1.807) is 26.0 Å². The predicted octanol–water partition coefficient (Wildman–Crippen LogP) is 4.84. The number of nitrogens with one attached hydrogen (secondary N) is 1. The lowest BCUT2D eigenvalue weighted by atomic mass is 9.97. The van der Waals surface area contributed by atoms with Gasteiger partial charge in [0.1, 0.15) is 11.6 Å². The maximum absolute atomic E-state index is 13.3. The zero-order valence-corrected chi connectivity index (χ0v) is 16.6. The lowest BCUT2D eigenvalue weighted by Gasteiger charge is -2.23. The average Bonchev–Trinajstić information content (AvgIpc) is 3.15. The van der Waals surface area contributed by atoms with Crippen molar-refractivity contribution in [2.24, 2.45) is 0 Å². The Bertz CT molecular complexity index is 893. The zero-order chi connectivity index (χ0) is 21.2. The Morgan fingerprint density at radius 2 is 1.93 bits per heavy atom. The van der Waals surface area contributed by atoms with Crippen LogP contribution in [0.25, 0.3) is 6.08 Å². The van der Waals surface area contributed by atoms with E-state index in [2.05, 4.69) is 21.9 Å². The monoisotopic (exact) mass is 407 g/mol. The molecule has 1 fully saturated rings. The lowest BCUT2D eigenvalue weighted by Crippen LogP contribution is -2.19. The van der Waals surface area contributed by atoms with Gasteiger partial charge in [0.25, 0.3) is 0 Å². The molecule has 3 rings (SSSR count). The Hall–Kier alpha value is -2.45. The Labute approximate surface area is 168 Å². The van der Waals surface area contributed by atoms with Crippen molar-refractivity contribution in [2.75, 3.05) is 18.5 Å². The van der Waals surface area contributed by atoms with Gasteiger partial charge in [-0.25, -0.2) is 9.97 Å². The van der Waals surface area contributed by atoms with Crippen molar-refractivity contribution in [1.82, 2.24) is 9.97 Å². The van der Waals surface area contributed by atoms with Crippen LogP contribution in [0.2, 0.25) is 0 Å². The van der Waals surface area contributed by atoms with Crippen LogP contribution in [0.3, 0.4) is 0 Å². The molecule has 5 nitrogen and oxygen atoms in total. The summed E-state index contributed by atoms with van der Waals surface area (Å²) >= 11 is 0. The van der Waals surface area contributed by atoms with Crippen LogP contribution < -0.4 is 5.32 Å². The first-order chi connectivity index (χ1) is 13.7. The minimum absolute atomic E-state index is 0.193. The van der Waals surface area contributed by atoms with E-state index in [0.29, 0.717) is 42.5 Å². The van der Waals surface area contributed by atoms with E-state index in [1.165, 1.54) is 13.0 Å². The van der Waals surface area contributed by atoms with Gasteiger partial charge in [0.05, 0.1) is 30.5 Å². The summed E-state index contributed by atoms with van der Waals surface area (Å²) in [7, 11) is 0. The SMILES string of the molecule is C=Cc1nc(C)nc(NC(C)c2cccc(C(F)(F)F)c2C)c1CC1OCCO1. The van der Waals surface area contributed by atoms with Crippen LogP contribution in [0.15, 0.2) is 24.8 Å². The van der Waals surface area contributed by atoms with Gasteiger partial charge in [0.2, 0.25) is 0 Å². The molecule has 1 saturated heterocycles. The van der Waals surface area contributed by atoms with Crippen LogP contribution in [-0.2, 0) is 22.1 Å². The average molecular weight is 407 g/mol. The number of ether oxygens (including phenoxy) is 2. The summed E-state index contributed by atoms with van der Waals surface area (Å²) in [6.07, 6.45) is -2.77. The molecule has 2 heterocycles. The molecule has 0 bridgehead atoms. The van der Waals surface area contributed by atoms with Crippen molar-refractivity contribution in [1.29, 1.82) is 0 Å². The quantitative estimate of drug-likeness (QED) is 0.742. The number of anilines is 1. The summed E-state index contributed by atoms with van der Waals surface area (Å²) in [6, 6.07) is 3.79. The minimum atomic E-state index is -4.40. The summed E-state index contributed by atoms with van der Waals surface area (Å²) in [5, 5.41) is 3.26. The molecule has 0 saturated carbocycles. The highest BCUT2D eigenvalue weighted by Gasteiger charge is 2.33. The number of aromatic nitrogens is 2. The standard InChI is InChI=1S/C21H24F3N3O2/c1-5-18-16(11-19-28-9-10-29-19)20(27-14(4)26-18)25-13(3)15-7-6-8-17(12(15)2)21(22,23)24/h5-8,13,19H,1,9-11H2,2-4H3,(H,25,26,27). The normalized spacial score (nSPS) is 16.1. The fourth-order valence-electron chi connectivity index (χ4n) is 3.51. The number of alkyl halides is 3. The summed E-state index contributed by atoms with van der Waals surface area (Å²) in [6.45, 7) is 9.89. The van der Waals surface area contributed by atoms with Crippen molar-refractivity contribution in [3.05, 3.63) is 58.6 Å². The highest BCUT2D eigenvalue weighted by atomic mass is 19.4. The van der Waals surface area contributed by atoms with Crippen LogP contribution in [0.5, 0.6) is 0 Å². The third-order valence-corrected chi connectivity index (χ3v) is 4.91. The van der Waals surface area contributed by atoms with Crippen LogP contribution >= 0.6 is 0 Å². The van der Waals surface area contributed by atoms with Crippen molar-refractivity contribution in [2.45, 2.75) is 45.7 Å². The Morgan fingerprint density at radius 1 is 1.24 bits per heavy atom. The number of hydrogen-bond donors (Lipinski definition) is 1. The fraction of sp³-hybridized carbons (Fsp3) is 0.429. The summed E-state index contributed by atoms with van der Waals surface area (Å²) in [4.78, 5) is 8.90. The molecule has 1 aliphatic heterocycles. The first-order valence-electron chi connectivity index (χ1n) is 9.37. The van der Waals surface area contributed by atoms with Crippen molar-refractivity contribution in [3.8, 4) is 0 Å². The van der Waals surface area contributed by atoms with Crippen molar-refractivity contribution in [3.63, 3.8) is 0 Å². The van der Waals surface area contributed by atoms with Crippen LogP contribution in [0, 0.1) is 13.8 Å². The third-order valence-electron chi connectivity index (χ3n) is 4.91. The molecule has 0 spiro atoms. The maximum Gasteiger partial charge on any atom is 0.416 e. The molecule has 2 aromatic rings. The topological polar surface area (TPSA) is 56.3 Å². The summed E-state index contributed by atoms with van der Waals surface area (Å²) < 4.78 is 50.9. The molecule has 1 unspecified atom stereocenters. The number of rotatable bonds is 6. The number of nitrogens with zero attached hydrogens (tertiary/aromatic N) is 2. The largest absolute Gasteiger partial charge is 0.416 e. The van der Waals surface area contributed by atoms with E-state index in [9.17, 15) is 13.2 Å². The number of aryl methyl sites for hydroxylation is 1. The van der Waals surface area contributed by atoms with E-state index < -0.39 is 24.1 Å². The lowest BCUT2D eigenvalue weighted by molar-refractivity contribution is -0.138. The maximum atomic E-state index is 13.3. The molecular formula is C21H24F3N3O2. The van der Waals surface area contributed by atoms with Gasteiger partial charge in [0.15, 0.2) is 6.29 Å². The van der Waals surface area contributed by atoms with Gasteiger partial charge in [-0.1, -0.05) is 18.7 Å². The minimum Gasteiger partial charge on any atom is -0.363 e. The molecule has 1 atom stereocenters. The molecule has 8 heteroatoms. The second-order valence-corrected chi connectivity index (χ2v) is 6.95. The number of halogens is 3. The van der Waals surface area contributed by atoms with E-state index in [4.69, 9.17) is 9.47 Å². The smallest absolute Gasteiger partial charge is 0.363 e. The molecule has 29 heavy (non-hydrogen) atoms. The fourth-order valence-corrected chi connectivity index (χ4v) is 3.51. The van der Waals surface area contributed by atoms with Crippen molar-refractivity contribution >= 4 is 11.9 Å². The molecule has 156 valence electrons. The summed E-state index contributed by atoms with van der Waals surface area (Å²) in [5.74, 6) is 1.07. The van der Waals surface area contributed by atoms with E-state index in [-0.39, 0.29) is 5.56 Å². The van der Waals surface area contributed by atoms with Crippen LogP contribution in [0.1, 0.15) is 46.7 Å². The van der Waals surface area contributed by atoms with Crippen LogP contribution in [-0.4, -0.2) is 29.5 Å². The predicted molar refractivity (Wildman–Crippen MR) is 104 cm³/mol. The first kappa shape index (κ1) is 21.3. The molecule has 0 amide bonds. The summed E-state index contributed by atoms with van der Waals surface area (Å²) in [5.41, 5.74) is 1.51. The number of hydrogen-bond acceptors (Lipinski definition) is 5. The molecule has 0 radical (unpaired) electrons. The van der Waals surface area contributed by atoms with Gasteiger partial charge < -0.3 is 14.8 Å². The molecule has 0 aliphatic carbocycles. The number of benzene rings is 1. The van der Waals surface area contributed by atoms with Gasteiger partial charge in [0, 0.05) is 12.0 Å². The molecule has 1 N–H and O–H groups in total. The molecular weight excluding hydrogens is 383 g/mol. The first-order valence-corrected chi connectivity index (χ1v) is 9.37. The van der Waals surface area contributed by atoms with Gasteiger partial charge in [-0.2, -0.15) is 13.2 Å². The molecule has 1 aromatic heterocycles. The van der Waals surface area contributed by atoms with Crippen LogP contribution in [0.4, 0.5) is 19.0 Å². The van der Waals surface area contributed by atoms with E-state index in [1.807, 2.05) is 0 Å². The Kier molecular flexibility index (Phi) is 6.24. The highest BCUT2D eigenvalue weighted by molar-refractivity contribution is 5.58. The third kappa shape index (κ3) is 4.76. The van der Waals surface area contributed by atoms with Gasteiger partial charge in [-0.15, -0.1) is 0 Å². The van der Waals surface area contributed by atoms with Gasteiger partial charge in [-0.3, -0.25) is 0 Å². The van der Waals surface area contributed by atoms with E-state index in [0.717, 1.165) is 11.6 Å². The molecule has 1 aromatic carbocycles. The Balaban J connectivity index is 1.95. The highest BCUT2D eigenvalue weighted by Crippen LogP contribution is 2.35. The van der Waals surface area contributed by atoms with E-state index >= 15 is 0 Å². The van der Waals surface area contributed by atoms with Crippen molar-refractivity contribution < 1.29 is 22.6 Å². The van der Waals surface area contributed by atoms with Gasteiger partial charge in [-0.05, 0) is 44.0 Å². The van der Waals surface area contributed by atoms with Gasteiger partial charge >= 0.3 is 6.18 Å².